The summed E-state index contributed by atoms with van der Waals surface area (Å²) in [7, 11) is -2.49. The number of ether oxygens (including phenoxy) is 1. The minimum absolute atomic E-state index is 0.627. The van der Waals surface area contributed by atoms with Crippen LogP contribution in [0.1, 0.15) is 47.5 Å². The average Bonchev–Trinajstić information content (AvgIpc) is 2.36. The molecule has 0 aromatic rings. The zero-order chi connectivity index (χ0) is 14.6. The highest BCUT2D eigenvalue weighted by Gasteiger charge is 2.39. The molecule has 5 heteroatoms. The summed E-state index contributed by atoms with van der Waals surface area (Å²) in [6, 6.07) is 0.807. The second kappa shape index (κ2) is 11.5. The van der Waals surface area contributed by atoms with Crippen molar-refractivity contribution in [2.24, 2.45) is 0 Å². The molecule has 0 aliphatic carbocycles. The third-order valence-corrected chi connectivity index (χ3v) is 5.69. The lowest BCUT2D eigenvalue weighted by Crippen LogP contribution is -2.46. The molecule has 0 rings (SSSR count). The van der Waals surface area contributed by atoms with Crippen LogP contribution in [0.2, 0.25) is 6.04 Å². The molecule has 0 aliphatic heterocycles. The first-order chi connectivity index (χ1) is 9.14. The minimum Gasteiger partial charge on any atom is -0.499 e. The van der Waals surface area contributed by atoms with E-state index in [0.717, 1.165) is 24.6 Å². The molecule has 0 heterocycles. The maximum absolute atomic E-state index is 5.79. The molecule has 0 amide bonds. The van der Waals surface area contributed by atoms with Crippen LogP contribution in [0.4, 0.5) is 0 Å². The van der Waals surface area contributed by atoms with E-state index in [1.165, 1.54) is 0 Å². The Labute approximate surface area is 119 Å². The van der Waals surface area contributed by atoms with Gasteiger partial charge in [-0.1, -0.05) is 6.92 Å². The molecule has 19 heavy (non-hydrogen) atoms. The number of hydrogen-bond acceptors (Lipinski definition) is 4. The molecular weight excluding hydrogens is 260 g/mol. The fourth-order valence-electron chi connectivity index (χ4n) is 1.87. The molecule has 114 valence electrons. The average molecular weight is 290 g/mol. The molecule has 0 saturated carbocycles. The van der Waals surface area contributed by atoms with E-state index in [1.807, 2.05) is 27.7 Å². The molecule has 0 spiro atoms. The van der Waals surface area contributed by atoms with Crippen LogP contribution >= 0.6 is 0 Å². The third kappa shape index (κ3) is 8.42. The van der Waals surface area contributed by atoms with Gasteiger partial charge >= 0.3 is 8.80 Å². The van der Waals surface area contributed by atoms with E-state index < -0.39 is 8.80 Å². The lowest BCUT2D eigenvalue weighted by Gasteiger charge is -2.28. The summed E-state index contributed by atoms with van der Waals surface area (Å²) < 4.78 is 23.0. The van der Waals surface area contributed by atoms with Gasteiger partial charge in [0, 0.05) is 25.9 Å². The van der Waals surface area contributed by atoms with E-state index >= 15 is 0 Å². The molecule has 0 aromatic carbocycles. The van der Waals surface area contributed by atoms with Gasteiger partial charge in [-0.25, -0.2) is 0 Å². The van der Waals surface area contributed by atoms with Crippen molar-refractivity contribution in [3.8, 4) is 0 Å². The van der Waals surface area contributed by atoms with Crippen molar-refractivity contribution in [2.75, 3.05) is 26.4 Å². The van der Waals surface area contributed by atoms with Gasteiger partial charge in [-0.15, -0.1) is 0 Å². The molecule has 0 bridgehead atoms. The van der Waals surface area contributed by atoms with Crippen molar-refractivity contribution in [2.45, 2.75) is 53.5 Å². The summed E-state index contributed by atoms with van der Waals surface area (Å²) in [4.78, 5) is 0. The van der Waals surface area contributed by atoms with Crippen LogP contribution in [-0.2, 0) is 18.0 Å². The zero-order valence-electron chi connectivity index (χ0n) is 13.2. The van der Waals surface area contributed by atoms with Gasteiger partial charge < -0.3 is 18.0 Å². The Kier molecular flexibility index (Phi) is 11.2. The molecule has 0 atom stereocenters. The van der Waals surface area contributed by atoms with Crippen molar-refractivity contribution in [3.63, 3.8) is 0 Å². The van der Waals surface area contributed by atoms with Crippen molar-refractivity contribution in [1.82, 2.24) is 0 Å². The smallest absolute Gasteiger partial charge is 0.499 e. The van der Waals surface area contributed by atoms with E-state index in [0.29, 0.717) is 26.4 Å². The van der Waals surface area contributed by atoms with Crippen LogP contribution in [0, 0.1) is 0 Å². The van der Waals surface area contributed by atoms with Gasteiger partial charge in [-0.2, -0.15) is 0 Å². The molecule has 0 unspecified atom stereocenters. The Bertz CT molecular complexity index is 227. The molecular formula is C14H30O4Si. The lowest BCUT2D eigenvalue weighted by molar-refractivity contribution is 0.0685. The van der Waals surface area contributed by atoms with Crippen molar-refractivity contribution in [1.29, 1.82) is 0 Å². The predicted octanol–water partition coefficient (Wildman–Crippen LogP) is 3.76. The van der Waals surface area contributed by atoms with Gasteiger partial charge in [0.2, 0.25) is 0 Å². The van der Waals surface area contributed by atoms with Gasteiger partial charge in [0.05, 0.1) is 12.4 Å². The molecule has 0 aliphatic rings. The number of allylic oxidation sites excluding steroid dienone is 2. The number of hydrogen-bond donors (Lipinski definition) is 0. The highest BCUT2D eigenvalue weighted by molar-refractivity contribution is 6.60. The van der Waals surface area contributed by atoms with E-state index in [-0.39, 0.29) is 0 Å². The Morgan fingerprint density at radius 1 is 0.947 bits per heavy atom. The highest BCUT2D eigenvalue weighted by atomic mass is 28.4. The maximum Gasteiger partial charge on any atom is 0.501 e. The summed E-state index contributed by atoms with van der Waals surface area (Å²) >= 11 is 0. The van der Waals surface area contributed by atoms with Crippen molar-refractivity contribution >= 4 is 8.80 Å². The van der Waals surface area contributed by atoms with Gasteiger partial charge in [0.25, 0.3) is 0 Å². The lowest BCUT2D eigenvalue weighted by atomic mass is 10.4. The van der Waals surface area contributed by atoms with Crippen LogP contribution in [0.15, 0.2) is 11.8 Å². The molecule has 0 saturated heterocycles. The summed E-state index contributed by atoms with van der Waals surface area (Å²) in [5.74, 6) is 0.985. The first-order valence-corrected chi connectivity index (χ1v) is 9.28. The Balaban J connectivity index is 4.20. The first-order valence-electron chi connectivity index (χ1n) is 7.35. The standard InChI is InChI=1S/C14H30O4Si/c1-6-11-14(5)15-12-10-13-19(16-7-2,17-8-3)18-9-4/h11H,6-10,12-13H2,1-5H3. The largest absolute Gasteiger partial charge is 0.501 e. The van der Waals surface area contributed by atoms with Crippen LogP contribution in [0.5, 0.6) is 0 Å². The monoisotopic (exact) mass is 290 g/mol. The predicted molar refractivity (Wildman–Crippen MR) is 80.1 cm³/mol. The second-order valence-corrected chi connectivity index (χ2v) is 6.89. The summed E-state index contributed by atoms with van der Waals surface area (Å²) in [5.41, 5.74) is 0. The maximum atomic E-state index is 5.79. The highest BCUT2D eigenvalue weighted by Crippen LogP contribution is 2.18. The summed E-state index contributed by atoms with van der Waals surface area (Å²) in [6.07, 6.45) is 3.97. The minimum atomic E-state index is -2.49. The quantitative estimate of drug-likeness (QED) is 0.311. The topological polar surface area (TPSA) is 36.9 Å². The fraction of sp³-hybridized carbons (Fsp3) is 0.857. The number of rotatable bonds is 12. The molecule has 0 radical (unpaired) electrons. The Morgan fingerprint density at radius 2 is 1.47 bits per heavy atom. The third-order valence-electron chi connectivity index (χ3n) is 2.54. The van der Waals surface area contributed by atoms with Crippen LogP contribution in [0.25, 0.3) is 0 Å². The normalized spacial score (nSPS) is 12.8. The van der Waals surface area contributed by atoms with Gasteiger partial charge in [0.1, 0.15) is 0 Å². The summed E-state index contributed by atoms with van der Waals surface area (Å²) in [6.45, 7) is 12.6. The van der Waals surface area contributed by atoms with Gasteiger partial charge in [0.15, 0.2) is 0 Å². The van der Waals surface area contributed by atoms with Crippen molar-refractivity contribution in [3.05, 3.63) is 11.8 Å². The summed E-state index contributed by atoms with van der Waals surface area (Å²) in [5, 5.41) is 0. The Morgan fingerprint density at radius 3 is 1.89 bits per heavy atom. The van der Waals surface area contributed by atoms with E-state index in [4.69, 9.17) is 18.0 Å². The second-order valence-electron chi connectivity index (χ2n) is 4.16. The van der Waals surface area contributed by atoms with Crippen LogP contribution in [-0.4, -0.2) is 35.2 Å². The van der Waals surface area contributed by atoms with Gasteiger partial charge in [-0.05, 0) is 46.6 Å². The molecule has 0 N–H and O–H groups in total. The Hall–Kier alpha value is -0.363. The first kappa shape index (κ1) is 18.6. The van der Waals surface area contributed by atoms with Gasteiger partial charge in [-0.3, -0.25) is 0 Å². The van der Waals surface area contributed by atoms with Crippen LogP contribution < -0.4 is 0 Å². The van der Waals surface area contributed by atoms with E-state index in [1.54, 1.807) is 0 Å². The van der Waals surface area contributed by atoms with E-state index in [9.17, 15) is 0 Å². The van der Waals surface area contributed by atoms with Crippen molar-refractivity contribution < 1.29 is 18.0 Å². The SMILES string of the molecule is CCC=C(C)OCCC[Si](OCC)(OCC)OCC. The fourth-order valence-corrected chi connectivity index (χ4v) is 4.45. The van der Waals surface area contributed by atoms with Crippen LogP contribution in [0.3, 0.4) is 0 Å². The molecule has 0 fully saturated rings. The van der Waals surface area contributed by atoms with E-state index in [2.05, 4.69) is 13.0 Å². The molecule has 4 nitrogen and oxygen atoms in total. The zero-order valence-corrected chi connectivity index (χ0v) is 14.2. The molecule has 0 aromatic heterocycles.